The van der Waals surface area contributed by atoms with E-state index in [0.717, 1.165) is 31.5 Å². The van der Waals surface area contributed by atoms with Gasteiger partial charge in [0.2, 0.25) is 17.6 Å². The highest BCUT2D eigenvalue weighted by molar-refractivity contribution is 5.90. The normalized spacial score (nSPS) is 16.9. The first-order valence-electron chi connectivity index (χ1n) is 10.0. The van der Waals surface area contributed by atoms with Gasteiger partial charge in [0.05, 0.1) is 5.92 Å². The molecule has 0 aliphatic carbocycles. The topological polar surface area (TPSA) is 71.3 Å². The molecule has 9 heteroatoms. The summed E-state index contributed by atoms with van der Waals surface area (Å²) in [5, 5.41) is 6.58. The second-order valence-corrected chi connectivity index (χ2v) is 7.53. The molecule has 2 aromatic carbocycles. The Morgan fingerprint density at radius 2 is 1.94 bits per heavy atom. The number of rotatable bonds is 6. The van der Waals surface area contributed by atoms with Crippen LogP contribution in [0.3, 0.4) is 0 Å². The number of aromatic nitrogens is 2. The van der Waals surface area contributed by atoms with Crippen LogP contribution in [0.5, 0.6) is 0 Å². The fraction of sp³-hybridized carbons (Fsp3) is 0.318. The van der Waals surface area contributed by atoms with Crippen LogP contribution in [0.25, 0.3) is 11.4 Å². The van der Waals surface area contributed by atoms with Crippen molar-refractivity contribution in [1.29, 1.82) is 0 Å². The van der Waals surface area contributed by atoms with Crippen molar-refractivity contribution in [2.75, 3.05) is 25.0 Å². The number of anilines is 1. The Morgan fingerprint density at radius 3 is 2.71 bits per heavy atom. The molecule has 31 heavy (non-hydrogen) atoms. The first-order valence-corrected chi connectivity index (χ1v) is 10.0. The standard InChI is InChI=1S/C22H21F3N4O2/c23-16-5-3-14(4-6-16)21-27-22(31-28-21)15-2-1-10-29(13-15)11-9-20(30)26-17-7-8-18(24)19(25)12-17/h3-8,12,15H,1-2,9-11,13H2,(H,26,30). The zero-order valence-corrected chi connectivity index (χ0v) is 16.7. The molecule has 0 bridgehead atoms. The van der Waals surface area contributed by atoms with Crippen molar-refractivity contribution in [3.63, 3.8) is 0 Å². The minimum absolute atomic E-state index is 0.0460. The summed E-state index contributed by atoms with van der Waals surface area (Å²) in [6.45, 7) is 2.03. The summed E-state index contributed by atoms with van der Waals surface area (Å²) in [4.78, 5) is 18.8. The molecular weight excluding hydrogens is 409 g/mol. The number of nitrogens with one attached hydrogen (secondary N) is 1. The monoisotopic (exact) mass is 430 g/mol. The van der Waals surface area contributed by atoms with E-state index in [1.54, 1.807) is 12.1 Å². The third-order valence-electron chi connectivity index (χ3n) is 5.26. The third kappa shape index (κ3) is 5.29. The summed E-state index contributed by atoms with van der Waals surface area (Å²) in [6, 6.07) is 9.15. The van der Waals surface area contributed by atoms with E-state index < -0.39 is 11.6 Å². The number of benzene rings is 2. The maximum Gasteiger partial charge on any atom is 0.231 e. The van der Waals surface area contributed by atoms with Crippen molar-refractivity contribution in [1.82, 2.24) is 15.0 Å². The van der Waals surface area contributed by atoms with Crippen molar-refractivity contribution in [3.05, 3.63) is 65.8 Å². The Bertz CT molecular complexity index is 1060. The zero-order chi connectivity index (χ0) is 21.8. The summed E-state index contributed by atoms with van der Waals surface area (Å²) in [5.74, 6) is -1.58. The molecule has 0 spiro atoms. The van der Waals surface area contributed by atoms with Gasteiger partial charge in [0.1, 0.15) is 5.82 Å². The Balaban J connectivity index is 1.31. The van der Waals surface area contributed by atoms with Crippen LogP contribution in [0.1, 0.15) is 31.1 Å². The summed E-state index contributed by atoms with van der Waals surface area (Å²) in [5.41, 5.74) is 0.901. The molecule has 1 aromatic heterocycles. The van der Waals surface area contributed by atoms with Gasteiger partial charge < -0.3 is 14.7 Å². The highest BCUT2D eigenvalue weighted by Gasteiger charge is 2.26. The number of nitrogens with zero attached hydrogens (tertiary/aromatic N) is 3. The van der Waals surface area contributed by atoms with Crippen LogP contribution in [0.2, 0.25) is 0 Å². The molecular formula is C22H21F3N4O2. The predicted octanol–water partition coefficient (Wildman–Crippen LogP) is 4.36. The fourth-order valence-electron chi connectivity index (χ4n) is 3.63. The Morgan fingerprint density at radius 1 is 1.13 bits per heavy atom. The van der Waals surface area contributed by atoms with E-state index in [0.29, 0.717) is 30.4 Å². The van der Waals surface area contributed by atoms with Crippen LogP contribution >= 0.6 is 0 Å². The van der Waals surface area contributed by atoms with Crippen molar-refractivity contribution in [3.8, 4) is 11.4 Å². The second kappa shape index (κ2) is 9.30. The quantitative estimate of drug-likeness (QED) is 0.629. The van der Waals surface area contributed by atoms with E-state index in [-0.39, 0.29) is 29.8 Å². The lowest BCUT2D eigenvalue weighted by Gasteiger charge is -2.30. The molecule has 6 nitrogen and oxygen atoms in total. The van der Waals surface area contributed by atoms with Crippen molar-refractivity contribution in [2.24, 2.45) is 0 Å². The molecule has 1 aliphatic heterocycles. The number of hydrogen-bond donors (Lipinski definition) is 1. The van der Waals surface area contributed by atoms with Gasteiger partial charge in [0.25, 0.3) is 0 Å². The minimum Gasteiger partial charge on any atom is -0.339 e. The zero-order valence-electron chi connectivity index (χ0n) is 16.7. The Labute approximate surface area is 177 Å². The van der Waals surface area contributed by atoms with E-state index in [2.05, 4.69) is 20.4 Å². The average Bonchev–Trinajstić information content (AvgIpc) is 3.26. The number of halogens is 3. The van der Waals surface area contributed by atoms with Crippen molar-refractivity contribution < 1.29 is 22.5 Å². The summed E-state index contributed by atoms with van der Waals surface area (Å²) in [7, 11) is 0. The molecule has 1 N–H and O–H groups in total. The van der Waals surface area contributed by atoms with Gasteiger partial charge in [-0.3, -0.25) is 4.79 Å². The van der Waals surface area contributed by atoms with E-state index in [9.17, 15) is 18.0 Å². The van der Waals surface area contributed by atoms with Crippen LogP contribution in [-0.2, 0) is 4.79 Å². The number of likely N-dealkylation sites (tertiary alicyclic amines) is 1. The van der Waals surface area contributed by atoms with Gasteiger partial charge in [-0.1, -0.05) is 5.16 Å². The van der Waals surface area contributed by atoms with Gasteiger partial charge in [-0.15, -0.1) is 0 Å². The smallest absolute Gasteiger partial charge is 0.231 e. The first kappa shape index (κ1) is 21.0. The molecule has 1 fully saturated rings. The lowest BCUT2D eigenvalue weighted by Crippen LogP contribution is -2.36. The molecule has 1 atom stereocenters. The fourth-order valence-corrected chi connectivity index (χ4v) is 3.63. The van der Waals surface area contributed by atoms with Crippen molar-refractivity contribution >= 4 is 11.6 Å². The summed E-state index contributed by atoms with van der Waals surface area (Å²) >= 11 is 0. The van der Waals surface area contributed by atoms with Crippen molar-refractivity contribution in [2.45, 2.75) is 25.2 Å². The molecule has 1 unspecified atom stereocenters. The first-order chi connectivity index (χ1) is 15.0. The highest BCUT2D eigenvalue weighted by atomic mass is 19.2. The molecule has 0 saturated carbocycles. The van der Waals surface area contributed by atoms with Crippen LogP contribution < -0.4 is 5.32 Å². The lowest BCUT2D eigenvalue weighted by molar-refractivity contribution is -0.116. The van der Waals surface area contributed by atoms with Gasteiger partial charge in [-0.05, 0) is 55.8 Å². The maximum atomic E-state index is 13.3. The summed E-state index contributed by atoms with van der Waals surface area (Å²) < 4.78 is 44.8. The van der Waals surface area contributed by atoms with Crippen LogP contribution in [0.4, 0.5) is 18.9 Å². The van der Waals surface area contributed by atoms with Crippen LogP contribution in [0, 0.1) is 17.5 Å². The molecule has 162 valence electrons. The number of amides is 1. The van der Waals surface area contributed by atoms with Gasteiger partial charge >= 0.3 is 0 Å². The molecule has 1 saturated heterocycles. The molecule has 4 rings (SSSR count). The predicted molar refractivity (Wildman–Crippen MR) is 108 cm³/mol. The van der Waals surface area contributed by atoms with E-state index >= 15 is 0 Å². The molecule has 2 heterocycles. The number of carbonyl (C=O) groups excluding carboxylic acids is 1. The van der Waals surface area contributed by atoms with Crippen LogP contribution in [-0.4, -0.2) is 40.6 Å². The van der Waals surface area contributed by atoms with E-state index in [1.807, 2.05) is 0 Å². The third-order valence-corrected chi connectivity index (χ3v) is 5.26. The molecule has 1 amide bonds. The second-order valence-electron chi connectivity index (χ2n) is 7.53. The Hall–Kier alpha value is -3.20. The van der Waals surface area contributed by atoms with Gasteiger partial charge in [0, 0.05) is 36.8 Å². The number of carbonyl (C=O) groups is 1. The minimum atomic E-state index is -1.00. The molecule has 0 radical (unpaired) electrons. The van der Waals surface area contributed by atoms with E-state index in [1.165, 1.54) is 18.2 Å². The number of hydrogen-bond acceptors (Lipinski definition) is 5. The van der Waals surface area contributed by atoms with E-state index in [4.69, 9.17) is 4.52 Å². The largest absolute Gasteiger partial charge is 0.339 e. The van der Waals surface area contributed by atoms with Crippen LogP contribution in [0.15, 0.2) is 47.0 Å². The molecule has 1 aliphatic rings. The highest BCUT2D eigenvalue weighted by Crippen LogP contribution is 2.27. The van der Waals surface area contributed by atoms with Gasteiger partial charge in [0.15, 0.2) is 11.6 Å². The number of piperidine rings is 1. The average molecular weight is 430 g/mol. The molecule has 3 aromatic rings. The summed E-state index contributed by atoms with van der Waals surface area (Å²) in [6.07, 6.45) is 2.03. The maximum absolute atomic E-state index is 13.3. The lowest BCUT2D eigenvalue weighted by atomic mass is 9.98. The van der Waals surface area contributed by atoms with Gasteiger partial charge in [-0.25, -0.2) is 13.2 Å². The SMILES string of the molecule is O=C(CCN1CCCC(c2nc(-c3ccc(F)cc3)no2)C1)Nc1ccc(F)c(F)c1. The Kier molecular flexibility index (Phi) is 6.31. The van der Waals surface area contributed by atoms with Gasteiger partial charge in [-0.2, -0.15) is 4.98 Å².